The zero-order valence-electron chi connectivity index (χ0n) is 39.0. The SMILES string of the molecule is O=C(Nc1cccc(C(=O)Nc2cccc(C(=O)Nc3cc(S(=O)(=O)O)cc4cc(S(=O)(=O)O)cc(O)c34)c2)c1)Nc1cccc(C(=O)Nc2cccc(C(=O)Nc3cc(S(=O)(=O)O)cc4cc(S(=O)(=O)O)cc(O)c34)c2)c1. The number of carbonyl (C=O) groups excluding carboxylic acids is 5. The third-order valence-corrected chi connectivity index (χ3v) is 14.5. The molecule has 8 aromatic rings. The van der Waals surface area contributed by atoms with Crippen molar-refractivity contribution >= 4 is 126 Å². The van der Waals surface area contributed by atoms with Gasteiger partial charge in [0.15, 0.2) is 0 Å². The highest BCUT2D eigenvalue weighted by atomic mass is 32.2. The van der Waals surface area contributed by atoms with Crippen LogP contribution in [0.4, 0.5) is 38.9 Å². The van der Waals surface area contributed by atoms with Crippen LogP contribution in [0.15, 0.2) is 165 Å². The lowest BCUT2D eigenvalue weighted by Gasteiger charge is -2.14. The van der Waals surface area contributed by atoms with Gasteiger partial charge in [0.1, 0.15) is 11.5 Å². The largest absolute Gasteiger partial charge is 0.507 e. The molecular formula is C49H36N6O19S4. The van der Waals surface area contributed by atoms with E-state index >= 15 is 0 Å². The maximum atomic E-state index is 13.5. The first kappa shape index (κ1) is 54.9. The van der Waals surface area contributed by atoms with E-state index in [4.69, 9.17) is 0 Å². The number of urea groups is 1. The first-order chi connectivity index (χ1) is 36.5. The van der Waals surface area contributed by atoms with Gasteiger partial charge in [0.2, 0.25) is 0 Å². The Morgan fingerprint density at radius 2 is 0.577 bits per heavy atom. The molecule has 0 aliphatic heterocycles. The first-order valence-electron chi connectivity index (χ1n) is 21.8. The first-order valence-corrected chi connectivity index (χ1v) is 27.5. The van der Waals surface area contributed by atoms with Crippen molar-refractivity contribution in [2.45, 2.75) is 19.6 Å². The highest BCUT2D eigenvalue weighted by molar-refractivity contribution is 7.86. The fourth-order valence-corrected chi connectivity index (χ4v) is 9.87. The minimum Gasteiger partial charge on any atom is -0.507 e. The molecule has 0 heterocycles. The van der Waals surface area contributed by atoms with Gasteiger partial charge in [-0.25, -0.2) is 4.79 Å². The Balaban J connectivity index is 0.903. The molecular weight excluding hydrogens is 1100 g/mol. The Hall–Kier alpha value is -9.33. The molecule has 0 bridgehead atoms. The predicted molar refractivity (Wildman–Crippen MR) is 281 cm³/mol. The number of carbonyl (C=O) groups is 5. The van der Waals surface area contributed by atoms with Gasteiger partial charge >= 0.3 is 6.03 Å². The van der Waals surface area contributed by atoms with Crippen molar-refractivity contribution in [3.05, 3.63) is 168 Å². The molecule has 0 atom stereocenters. The molecule has 0 spiro atoms. The molecule has 78 heavy (non-hydrogen) atoms. The zero-order valence-corrected chi connectivity index (χ0v) is 42.2. The molecule has 0 aliphatic carbocycles. The number of hydrogen-bond donors (Lipinski definition) is 12. The van der Waals surface area contributed by atoms with Gasteiger partial charge < -0.3 is 42.1 Å². The van der Waals surface area contributed by atoms with E-state index in [2.05, 4.69) is 31.9 Å². The van der Waals surface area contributed by atoms with Crippen molar-refractivity contribution in [2.24, 2.45) is 0 Å². The monoisotopic (exact) mass is 1140 g/mol. The summed E-state index contributed by atoms with van der Waals surface area (Å²) < 4.78 is 134. The summed E-state index contributed by atoms with van der Waals surface area (Å²) in [4.78, 5) is 63.7. The third-order valence-electron chi connectivity index (χ3n) is 11.2. The predicted octanol–water partition coefficient (Wildman–Crippen LogP) is 7.04. The smallest absolute Gasteiger partial charge is 0.323 e. The number of phenolic OH excluding ortho intramolecular Hbond substituents is 2. The summed E-state index contributed by atoms with van der Waals surface area (Å²) in [6.45, 7) is 0. The Morgan fingerprint density at radius 1 is 0.321 bits per heavy atom. The van der Waals surface area contributed by atoms with Crippen molar-refractivity contribution < 1.29 is 86.1 Å². The maximum Gasteiger partial charge on any atom is 0.323 e. The van der Waals surface area contributed by atoms with Gasteiger partial charge in [-0.2, -0.15) is 33.7 Å². The summed E-state index contributed by atoms with van der Waals surface area (Å²) in [5.41, 5.74) is -0.451. The Kier molecular flexibility index (Phi) is 14.8. The number of phenols is 2. The Labute approximate surface area is 440 Å². The molecule has 0 saturated carbocycles. The summed E-state index contributed by atoms with van der Waals surface area (Å²) in [7, 11) is -19.7. The lowest BCUT2D eigenvalue weighted by Crippen LogP contribution is -2.20. The fourth-order valence-electron chi connectivity index (χ4n) is 7.71. The van der Waals surface area contributed by atoms with Crippen molar-refractivity contribution in [3.8, 4) is 11.5 Å². The molecule has 8 rings (SSSR count). The molecule has 0 aromatic heterocycles. The molecule has 29 heteroatoms. The standard InChI is InChI=1S/C49H36N6O19S4/c56-41-23-37(77(69,70)71)19-29-17-35(75(63,64)65)21-39(43(29)41)54-47(60)27-7-1-9-31(13-27)50-45(58)25-5-3-11-33(15-25)52-49(62)53-34-12-4-6-26(16-34)46(59)51-32-10-2-8-28(14-32)48(61)55-40-22-36(76(66,67)68)18-30-20-38(78(72,73)74)24-42(57)44(30)40/h1-24,56-57H,(H,50,58)(H,51,59)(H,54,60)(H,55,61)(H2,52,53,62)(H,63,64,65)(H,66,67,68)(H,69,70,71)(H,72,73,74). The van der Waals surface area contributed by atoms with E-state index in [0.29, 0.717) is 12.1 Å². The maximum absolute atomic E-state index is 13.5. The molecule has 8 aromatic carbocycles. The zero-order chi connectivity index (χ0) is 56.6. The van der Waals surface area contributed by atoms with Crippen molar-refractivity contribution in [2.75, 3.05) is 31.9 Å². The van der Waals surface area contributed by atoms with Crippen molar-refractivity contribution in [3.63, 3.8) is 0 Å². The van der Waals surface area contributed by atoms with Crippen LogP contribution in [0.25, 0.3) is 21.5 Å². The summed E-state index contributed by atoms with van der Waals surface area (Å²) >= 11 is 0. The van der Waals surface area contributed by atoms with Gasteiger partial charge in [-0.3, -0.25) is 37.4 Å². The van der Waals surface area contributed by atoms with Crippen LogP contribution in [-0.2, 0) is 40.5 Å². The minimum absolute atomic E-state index is 0.0344. The normalized spacial score (nSPS) is 11.8. The number of rotatable bonds is 14. The Bertz CT molecular complexity index is 4080. The number of anilines is 6. The van der Waals surface area contributed by atoms with Gasteiger partial charge in [0.05, 0.1) is 31.0 Å². The summed E-state index contributed by atoms with van der Waals surface area (Å²) in [5.74, 6) is -4.78. The lowest BCUT2D eigenvalue weighted by atomic mass is 10.1. The van der Waals surface area contributed by atoms with Crippen LogP contribution < -0.4 is 31.9 Å². The second-order valence-corrected chi connectivity index (χ2v) is 22.3. The topological polar surface area (TPSA) is 415 Å². The van der Waals surface area contributed by atoms with Gasteiger partial charge in [-0.15, -0.1) is 0 Å². The number of amides is 6. The highest BCUT2D eigenvalue weighted by Gasteiger charge is 2.24. The second kappa shape index (κ2) is 21.0. The van der Waals surface area contributed by atoms with E-state index in [1.165, 1.54) is 97.1 Å². The van der Waals surface area contributed by atoms with Gasteiger partial charge in [0, 0.05) is 67.9 Å². The number of benzene rings is 8. The minimum atomic E-state index is -4.95. The molecule has 0 saturated heterocycles. The number of nitrogens with one attached hydrogen (secondary N) is 6. The van der Waals surface area contributed by atoms with Crippen LogP contribution >= 0.6 is 0 Å². The van der Waals surface area contributed by atoms with Crippen LogP contribution in [-0.4, -0.2) is 91.8 Å². The van der Waals surface area contributed by atoms with Crippen LogP contribution in [0.1, 0.15) is 41.4 Å². The molecule has 0 aliphatic rings. The van der Waals surface area contributed by atoms with E-state index in [1.54, 1.807) is 0 Å². The second-order valence-electron chi connectivity index (χ2n) is 16.6. The number of fused-ring (bicyclic) bond motifs is 2. The average molecular weight is 1140 g/mol. The summed E-state index contributed by atoms with van der Waals surface area (Å²) in [5, 5.41) is 35.4. The van der Waals surface area contributed by atoms with Crippen LogP contribution in [0.2, 0.25) is 0 Å². The molecule has 6 amide bonds. The van der Waals surface area contributed by atoms with E-state index in [-0.39, 0.29) is 77.9 Å². The molecule has 400 valence electrons. The summed E-state index contributed by atoms with van der Waals surface area (Å²) in [6.07, 6.45) is 0. The van der Waals surface area contributed by atoms with E-state index in [9.17, 15) is 86.1 Å². The average Bonchev–Trinajstić information content (AvgIpc) is 3.57. The molecule has 12 N–H and O–H groups in total. The van der Waals surface area contributed by atoms with Crippen LogP contribution in [0, 0.1) is 0 Å². The van der Waals surface area contributed by atoms with E-state index in [1.807, 2.05) is 0 Å². The highest BCUT2D eigenvalue weighted by Crippen LogP contribution is 2.39. The molecule has 0 radical (unpaired) electrons. The molecule has 0 fully saturated rings. The van der Waals surface area contributed by atoms with Gasteiger partial charge in [0.25, 0.3) is 64.1 Å². The number of aromatic hydroxyl groups is 2. The Morgan fingerprint density at radius 3 is 0.859 bits per heavy atom. The number of hydrogen-bond acceptors (Lipinski definition) is 15. The van der Waals surface area contributed by atoms with Crippen molar-refractivity contribution in [1.82, 2.24) is 0 Å². The van der Waals surface area contributed by atoms with E-state index < -0.39 is 101 Å². The van der Waals surface area contributed by atoms with Crippen molar-refractivity contribution in [1.29, 1.82) is 0 Å². The quantitative estimate of drug-likeness (QED) is 0.0485. The van der Waals surface area contributed by atoms with Gasteiger partial charge in [-0.1, -0.05) is 24.3 Å². The molecule has 25 nitrogen and oxygen atoms in total. The van der Waals surface area contributed by atoms with E-state index in [0.717, 1.165) is 36.4 Å². The van der Waals surface area contributed by atoms with Crippen LogP contribution in [0.3, 0.4) is 0 Å². The third kappa shape index (κ3) is 12.7. The summed E-state index contributed by atoms with van der Waals surface area (Å²) in [6, 6.07) is 27.5. The fraction of sp³-hybridized carbons (Fsp3) is 0. The van der Waals surface area contributed by atoms with Gasteiger partial charge in [-0.05, 0) is 120 Å². The molecule has 0 unspecified atom stereocenters. The lowest BCUT2D eigenvalue weighted by molar-refractivity contribution is 0.101. The van der Waals surface area contributed by atoms with Crippen LogP contribution in [0.5, 0.6) is 11.5 Å².